The third-order valence-corrected chi connectivity index (χ3v) is 10.9. The number of phenolic OH excluding ortho intramolecular Hbond substituents is 1. The first-order valence-corrected chi connectivity index (χ1v) is 18.8. The Bertz CT molecular complexity index is 2120. The molecule has 58 heavy (non-hydrogen) atoms. The quantitative estimate of drug-likeness (QED) is 0.0828. The van der Waals surface area contributed by atoms with E-state index in [9.17, 15) is 49.2 Å². The van der Waals surface area contributed by atoms with Crippen molar-refractivity contribution in [1.82, 2.24) is 9.80 Å². The number of rotatable bonds is 11. The number of ether oxygens (including phenoxy) is 2. The monoisotopic (exact) mass is 805 g/mol. The molecule has 3 aliphatic rings. The molecule has 4 atom stereocenters. The van der Waals surface area contributed by atoms with Crippen LogP contribution in [0, 0.1) is 11.8 Å². The number of nitrogens with two attached hydrogens (primary N) is 1. The highest BCUT2D eigenvalue weighted by atomic mass is 16.7. The number of aromatic hydroxyl groups is 1. The second-order valence-electron chi connectivity index (χ2n) is 16.3. The number of fused-ring (bicyclic) bond motifs is 3. The van der Waals surface area contributed by atoms with Crippen molar-refractivity contribution in [2.24, 2.45) is 17.6 Å². The van der Waals surface area contributed by atoms with Crippen LogP contribution < -0.4 is 16.0 Å². The van der Waals surface area contributed by atoms with Crippen LogP contribution in [0.4, 0.5) is 16.2 Å². The maximum absolute atomic E-state index is 14.3. The number of aliphatic hydroxyl groups is 3. The number of nitrogens with one attached hydrogen (secondary N) is 1. The van der Waals surface area contributed by atoms with Crippen molar-refractivity contribution in [3.63, 3.8) is 0 Å². The number of anilines is 2. The molecule has 0 aromatic heterocycles. The van der Waals surface area contributed by atoms with Crippen LogP contribution in [-0.4, -0.2) is 125 Å². The Morgan fingerprint density at radius 1 is 1.00 bits per heavy atom. The first kappa shape index (κ1) is 43.2. The summed E-state index contributed by atoms with van der Waals surface area (Å²) in [6, 6.07) is 7.07. The third-order valence-electron chi connectivity index (χ3n) is 10.9. The Kier molecular flexibility index (Phi) is 12.0. The number of phenols is 1. The highest BCUT2D eigenvalue weighted by molar-refractivity contribution is 6.24. The first-order chi connectivity index (χ1) is 27.1. The summed E-state index contributed by atoms with van der Waals surface area (Å²) < 4.78 is 10.3. The molecule has 0 saturated heterocycles. The average Bonchev–Trinajstić information content (AvgIpc) is 3.13. The van der Waals surface area contributed by atoms with Crippen molar-refractivity contribution in [3.8, 4) is 5.75 Å². The van der Waals surface area contributed by atoms with Crippen LogP contribution in [0.2, 0.25) is 0 Å². The number of amides is 3. The fourth-order valence-corrected chi connectivity index (χ4v) is 8.07. The van der Waals surface area contributed by atoms with Gasteiger partial charge in [0, 0.05) is 37.8 Å². The van der Waals surface area contributed by atoms with Crippen LogP contribution in [0.5, 0.6) is 5.75 Å². The fourth-order valence-electron chi connectivity index (χ4n) is 8.07. The number of nitrogens with zero attached hydrogens (tertiary/aromatic N) is 3. The van der Waals surface area contributed by atoms with Gasteiger partial charge in [-0.1, -0.05) is 39.8 Å². The van der Waals surface area contributed by atoms with Gasteiger partial charge in [0.05, 0.1) is 22.9 Å². The third kappa shape index (κ3) is 7.70. The van der Waals surface area contributed by atoms with Crippen LogP contribution in [0.15, 0.2) is 47.2 Å². The second-order valence-corrected chi connectivity index (χ2v) is 16.3. The summed E-state index contributed by atoms with van der Waals surface area (Å²) >= 11 is 0. The Morgan fingerprint density at radius 3 is 2.19 bits per heavy atom. The number of likely N-dealkylation sites (N-methyl/N-ethyl adjacent to an activating group) is 1. The molecule has 5 rings (SSSR count). The molecule has 0 unspecified atom stereocenters. The van der Waals surface area contributed by atoms with E-state index >= 15 is 0 Å². The van der Waals surface area contributed by atoms with Gasteiger partial charge in [0.1, 0.15) is 29.4 Å². The number of hydrogen-bond acceptors (Lipinski definition) is 14. The minimum Gasteiger partial charge on any atom is -0.508 e. The van der Waals surface area contributed by atoms with Gasteiger partial charge < -0.3 is 45.9 Å². The molecule has 17 heteroatoms. The summed E-state index contributed by atoms with van der Waals surface area (Å²) in [5.74, 6) is -9.47. The summed E-state index contributed by atoms with van der Waals surface area (Å²) in [7, 11) is 6.40. The van der Waals surface area contributed by atoms with Crippen LogP contribution in [0.3, 0.4) is 0 Å². The lowest BCUT2D eigenvalue weighted by molar-refractivity contribution is -0.153. The SMILES string of the molecule is CCCN(CC(=O)Nc1cc(N(C)C)c2c(c1O)C(O)=C1C(=O)[C@]3(O)C(O)=C(C(N)=O)C(=O)[C@@H](N(C)C)[C@@H]3C[C@@H]1C2)C(=O)OCOC(=O)c1ccc(C(C)(C)C)cc1. The Morgan fingerprint density at radius 2 is 1.64 bits per heavy atom. The van der Waals surface area contributed by atoms with Gasteiger partial charge in [0.15, 0.2) is 11.4 Å². The number of carbonyl (C=O) groups excluding carboxylic acids is 6. The molecule has 0 aliphatic heterocycles. The lowest BCUT2D eigenvalue weighted by atomic mass is 9.57. The topological polar surface area (TPSA) is 250 Å². The molecule has 17 nitrogen and oxygen atoms in total. The van der Waals surface area contributed by atoms with Crippen molar-refractivity contribution in [2.45, 2.75) is 64.0 Å². The summed E-state index contributed by atoms with van der Waals surface area (Å²) in [6.45, 7) is 6.69. The normalized spacial score (nSPS) is 21.5. The molecule has 2 aromatic rings. The lowest BCUT2D eigenvalue weighted by Crippen LogP contribution is -2.65. The molecule has 0 radical (unpaired) electrons. The van der Waals surface area contributed by atoms with E-state index in [2.05, 4.69) is 5.32 Å². The zero-order valence-corrected chi connectivity index (χ0v) is 33.8. The predicted molar refractivity (Wildman–Crippen MR) is 211 cm³/mol. The molecule has 0 spiro atoms. The van der Waals surface area contributed by atoms with Gasteiger partial charge in [-0.2, -0.15) is 0 Å². The van der Waals surface area contributed by atoms with E-state index in [-0.39, 0.29) is 47.2 Å². The van der Waals surface area contributed by atoms with E-state index in [0.29, 0.717) is 17.7 Å². The number of Topliss-reactive ketones (excluding diaryl/α,β-unsaturated/α-hetero) is 2. The van der Waals surface area contributed by atoms with Gasteiger partial charge >= 0.3 is 12.1 Å². The first-order valence-electron chi connectivity index (χ1n) is 18.8. The number of aliphatic hydroxyl groups excluding tert-OH is 2. The van der Waals surface area contributed by atoms with E-state index < -0.39 is 95.1 Å². The summed E-state index contributed by atoms with van der Waals surface area (Å²) in [4.78, 5) is 83.1. The van der Waals surface area contributed by atoms with Crippen molar-refractivity contribution in [2.75, 3.05) is 58.3 Å². The Labute approximate surface area is 335 Å². The zero-order valence-electron chi connectivity index (χ0n) is 33.8. The van der Waals surface area contributed by atoms with E-state index in [1.54, 1.807) is 38.1 Å². The molecule has 1 fully saturated rings. The van der Waals surface area contributed by atoms with Crippen molar-refractivity contribution >= 4 is 52.6 Å². The summed E-state index contributed by atoms with van der Waals surface area (Å²) in [5, 5.41) is 49.0. The number of benzene rings is 2. The number of ketones is 2. The largest absolute Gasteiger partial charge is 0.508 e. The van der Waals surface area contributed by atoms with Gasteiger partial charge in [0.25, 0.3) is 5.91 Å². The lowest BCUT2D eigenvalue weighted by Gasteiger charge is -2.50. The average molecular weight is 806 g/mol. The molecular formula is C41H51N5O12. The van der Waals surface area contributed by atoms with E-state index in [1.165, 1.54) is 25.1 Å². The summed E-state index contributed by atoms with van der Waals surface area (Å²) in [6.07, 6.45) is -0.580. The molecule has 0 heterocycles. The molecule has 7 N–H and O–H groups in total. The smallest absolute Gasteiger partial charge is 0.413 e. The van der Waals surface area contributed by atoms with Crippen molar-refractivity contribution in [1.29, 1.82) is 0 Å². The molecule has 3 aliphatic carbocycles. The minimum atomic E-state index is -2.82. The maximum atomic E-state index is 14.3. The summed E-state index contributed by atoms with van der Waals surface area (Å²) in [5.41, 5.74) is 2.89. The van der Waals surface area contributed by atoms with Gasteiger partial charge in [0.2, 0.25) is 18.5 Å². The molecular weight excluding hydrogens is 754 g/mol. The standard InChI is InChI=1S/C41H51N5O12/c1-9-14-46(39(55)58-19-57-38(54)20-10-12-22(13-11-20)40(2,3)4)18-27(47)43-25-17-26(44(5)6)23-15-21-16-24-31(45(7)8)34(50)30(37(42)53)36(52)41(24,56)35(51)28(21)33(49)29(23)32(25)48/h10-13,17,21,24,31,48-49,52,56H,9,14-16,18-19H2,1-8H3,(H2,42,53)(H,43,47)/t21-,24-,31-,41-/m0/s1. The van der Waals surface area contributed by atoms with Gasteiger partial charge in [-0.15, -0.1) is 0 Å². The van der Waals surface area contributed by atoms with Gasteiger partial charge in [-0.3, -0.25) is 29.0 Å². The van der Waals surface area contributed by atoms with Gasteiger partial charge in [-0.05, 0) is 74.0 Å². The van der Waals surface area contributed by atoms with Crippen LogP contribution in [0.1, 0.15) is 67.6 Å². The van der Waals surface area contributed by atoms with Crippen LogP contribution in [0.25, 0.3) is 5.76 Å². The molecule has 0 bridgehead atoms. The van der Waals surface area contributed by atoms with Crippen LogP contribution >= 0.6 is 0 Å². The maximum Gasteiger partial charge on any atom is 0.413 e. The molecule has 3 amide bonds. The number of carbonyl (C=O) groups is 6. The Hall–Kier alpha value is -5.94. The highest BCUT2D eigenvalue weighted by Crippen LogP contribution is 2.54. The Balaban J connectivity index is 1.39. The second kappa shape index (κ2) is 16.1. The number of hydrogen-bond donors (Lipinski definition) is 6. The number of esters is 1. The van der Waals surface area contributed by atoms with E-state index in [0.717, 1.165) is 10.5 Å². The van der Waals surface area contributed by atoms with Gasteiger partial charge in [-0.25, -0.2) is 9.59 Å². The molecule has 1 saturated carbocycles. The predicted octanol–water partition coefficient (Wildman–Crippen LogP) is 2.93. The number of primary amides is 1. The molecule has 2 aromatic carbocycles. The minimum absolute atomic E-state index is 0.0345. The highest BCUT2D eigenvalue weighted by Gasteiger charge is 2.64. The van der Waals surface area contributed by atoms with E-state index in [1.807, 2.05) is 32.9 Å². The molecule has 312 valence electrons. The van der Waals surface area contributed by atoms with E-state index in [4.69, 9.17) is 15.2 Å². The van der Waals surface area contributed by atoms with Crippen molar-refractivity contribution in [3.05, 3.63) is 69.5 Å². The zero-order chi connectivity index (χ0) is 43.2. The van der Waals surface area contributed by atoms with Crippen molar-refractivity contribution < 1.29 is 58.7 Å². The van der Waals surface area contributed by atoms with Crippen LogP contribution in [-0.2, 0) is 40.5 Å². The fraction of sp³-hybridized carbons (Fsp3) is 0.463.